The lowest BCUT2D eigenvalue weighted by Gasteiger charge is -2.41. The number of benzene rings is 3. The molecule has 0 aromatic heterocycles. The van der Waals surface area contributed by atoms with E-state index in [1.54, 1.807) is 4.90 Å². The first-order chi connectivity index (χ1) is 15.9. The number of carbonyl (C=O) groups is 1. The molecule has 1 fully saturated rings. The van der Waals surface area contributed by atoms with Crippen molar-refractivity contribution >= 4 is 17.4 Å². The summed E-state index contributed by atoms with van der Waals surface area (Å²) in [5.41, 5.74) is 2.60. The van der Waals surface area contributed by atoms with Gasteiger partial charge in [-0.25, -0.2) is 13.8 Å². The van der Waals surface area contributed by atoms with Gasteiger partial charge < -0.3 is 14.5 Å². The number of ether oxygens (including phenoxy) is 1. The summed E-state index contributed by atoms with van der Waals surface area (Å²) < 4.78 is 33.7. The molecule has 1 amide bonds. The molecule has 1 atom stereocenters. The molecule has 5 nitrogen and oxygen atoms in total. The second kappa shape index (κ2) is 8.31. The second-order valence-electron chi connectivity index (χ2n) is 8.42. The van der Waals surface area contributed by atoms with Crippen molar-refractivity contribution in [2.24, 2.45) is 4.99 Å². The van der Waals surface area contributed by atoms with E-state index in [-0.39, 0.29) is 11.6 Å². The minimum Gasteiger partial charge on any atom is -0.454 e. The number of aryl methyl sites for hydroxylation is 1. The van der Waals surface area contributed by atoms with Crippen LogP contribution in [0.25, 0.3) is 0 Å². The van der Waals surface area contributed by atoms with E-state index in [0.29, 0.717) is 25.4 Å². The van der Waals surface area contributed by atoms with Gasteiger partial charge >= 0.3 is 0 Å². The number of para-hydroxylation sites is 2. The number of amidine groups is 1. The number of piperazine rings is 1. The number of carbonyl (C=O) groups excluding carboxylic acids is 1. The first-order valence-corrected chi connectivity index (χ1v) is 10.9. The molecule has 0 saturated carbocycles. The maximum Gasteiger partial charge on any atom is 0.257 e. The molecule has 0 spiro atoms. The van der Waals surface area contributed by atoms with Crippen LogP contribution in [0.4, 0.5) is 14.5 Å². The van der Waals surface area contributed by atoms with Crippen molar-refractivity contribution in [2.45, 2.75) is 19.9 Å². The summed E-state index contributed by atoms with van der Waals surface area (Å²) in [5, 5.41) is 0. The van der Waals surface area contributed by atoms with E-state index in [9.17, 15) is 13.6 Å². The summed E-state index contributed by atoms with van der Waals surface area (Å²) in [6.45, 7) is 5.37. The molecular formula is C26H23F2N3O2. The quantitative estimate of drug-likeness (QED) is 0.508. The highest BCUT2D eigenvalue weighted by Crippen LogP contribution is 2.38. The van der Waals surface area contributed by atoms with Gasteiger partial charge in [-0.05, 0) is 50.2 Å². The van der Waals surface area contributed by atoms with Gasteiger partial charge in [-0.15, -0.1) is 0 Å². The van der Waals surface area contributed by atoms with E-state index < -0.39 is 17.5 Å². The van der Waals surface area contributed by atoms with Crippen molar-refractivity contribution in [3.8, 4) is 11.5 Å². The summed E-state index contributed by atoms with van der Waals surface area (Å²) in [6, 6.07) is 16.5. The second-order valence-corrected chi connectivity index (χ2v) is 8.42. The Morgan fingerprint density at radius 3 is 2.64 bits per heavy atom. The van der Waals surface area contributed by atoms with Gasteiger partial charge in [0, 0.05) is 31.7 Å². The predicted octanol–water partition coefficient (Wildman–Crippen LogP) is 5.30. The molecule has 7 heteroatoms. The van der Waals surface area contributed by atoms with Gasteiger partial charge in [-0.3, -0.25) is 4.79 Å². The Balaban J connectivity index is 1.45. The number of hydrogen-bond acceptors (Lipinski definition) is 4. The molecule has 0 aliphatic carbocycles. The number of aliphatic imine (C=N–C) groups is 1. The molecule has 0 N–H and O–H groups in total. The van der Waals surface area contributed by atoms with Crippen molar-refractivity contribution < 1.29 is 18.3 Å². The summed E-state index contributed by atoms with van der Waals surface area (Å²) in [6.07, 6.45) is 0. The zero-order valence-electron chi connectivity index (χ0n) is 18.4. The third-order valence-corrected chi connectivity index (χ3v) is 6.04. The van der Waals surface area contributed by atoms with Crippen LogP contribution >= 0.6 is 0 Å². The van der Waals surface area contributed by atoms with Gasteiger partial charge in [0.1, 0.15) is 28.9 Å². The van der Waals surface area contributed by atoms with Crippen molar-refractivity contribution in [3.05, 3.63) is 89.0 Å². The molecule has 2 heterocycles. The highest BCUT2D eigenvalue weighted by Gasteiger charge is 2.32. The molecular weight excluding hydrogens is 424 g/mol. The SMILES string of the molecule is Cc1ccc2c(c1)C(N1CCN(C(=O)c3ccc(F)cc3F)C(C)C1)=Nc1ccccc1O2. The highest BCUT2D eigenvalue weighted by molar-refractivity contribution is 6.04. The smallest absolute Gasteiger partial charge is 0.257 e. The number of amides is 1. The zero-order chi connectivity index (χ0) is 23.1. The summed E-state index contributed by atoms with van der Waals surface area (Å²) >= 11 is 0. The Morgan fingerprint density at radius 2 is 1.85 bits per heavy atom. The molecule has 2 aliphatic heterocycles. The summed E-state index contributed by atoms with van der Waals surface area (Å²) in [4.78, 5) is 21.7. The van der Waals surface area contributed by atoms with Crippen molar-refractivity contribution in [1.29, 1.82) is 0 Å². The van der Waals surface area contributed by atoms with E-state index >= 15 is 0 Å². The Morgan fingerprint density at radius 1 is 1.03 bits per heavy atom. The number of nitrogens with zero attached hydrogens (tertiary/aromatic N) is 3. The third-order valence-electron chi connectivity index (χ3n) is 6.04. The van der Waals surface area contributed by atoms with Crippen LogP contribution in [-0.4, -0.2) is 47.2 Å². The first-order valence-electron chi connectivity index (χ1n) is 10.9. The fourth-order valence-electron chi connectivity index (χ4n) is 4.35. The third kappa shape index (κ3) is 3.95. The fourth-order valence-corrected chi connectivity index (χ4v) is 4.35. The van der Waals surface area contributed by atoms with Crippen LogP contribution in [0.1, 0.15) is 28.4 Å². The van der Waals surface area contributed by atoms with Crippen LogP contribution in [-0.2, 0) is 0 Å². The lowest BCUT2D eigenvalue weighted by molar-refractivity contribution is 0.0576. The molecule has 1 saturated heterocycles. The zero-order valence-corrected chi connectivity index (χ0v) is 18.4. The minimum absolute atomic E-state index is 0.119. The number of halogens is 2. The van der Waals surface area contributed by atoms with Crippen LogP contribution in [0.15, 0.2) is 65.7 Å². The monoisotopic (exact) mass is 447 g/mol. The fraction of sp³-hybridized carbons (Fsp3) is 0.231. The molecule has 168 valence electrons. The lowest BCUT2D eigenvalue weighted by Crippen LogP contribution is -2.55. The summed E-state index contributed by atoms with van der Waals surface area (Å²) in [5.74, 6) is 0.207. The Bertz CT molecular complexity index is 1270. The largest absolute Gasteiger partial charge is 0.454 e. The predicted molar refractivity (Wildman–Crippen MR) is 122 cm³/mol. The average Bonchev–Trinajstić information content (AvgIpc) is 2.95. The minimum atomic E-state index is -0.846. The van der Waals surface area contributed by atoms with Gasteiger partial charge in [0.25, 0.3) is 5.91 Å². The van der Waals surface area contributed by atoms with Crippen LogP contribution in [0.2, 0.25) is 0 Å². The number of rotatable bonds is 1. The van der Waals surface area contributed by atoms with Gasteiger partial charge in [0.15, 0.2) is 5.75 Å². The van der Waals surface area contributed by atoms with Crippen LogP contribution in [0, 0.1) is 18.6 Å². The van der Waals surface area contributed by atoms with Crippen LogP contribution < -0.4 is 4.74 Å². The van der Waals surface area contributed by atoms with Crippen molar-refractivity contribution in [2.75, 3.05) is 19.6 Å². The van der Waals surface area contributed by atoms with Crippen LogP contribution in [0.5, 0.6) is 11.5 Å². The Labute approximate surface area is 190 Å². The van der Waals surface area contributed by atoms with E-state index in [0.717, 1.165) is 40.5 Å². The molecule has 5 rings (SSSR count). The van der Waals surface area contributed by atoms with E-state index in [2.05, 4.69) is 11.0 Å². The standard InChI is InChI=1S/C26H23F2N3O2/c1-16-7-10-23-20(13-16)25(29-22-5-3-4-6-24(22)33-23)30-11-12-31(17(2)15-30)26(32)19-9-8-18(27)14-21(19)28/h3-10,13-14,17H,11-12,15H2,1-2H3. The van der Waals surface area contributed by atoms with Crippen molar-refractivity contribution in [1.82, 2.24) is 9.80 Å². The van der Waals surface area contributed by atoms with Gasteiger partial charge in [0.2, 0.25) is 0 Å². The Hall–Kier alpha value is -3.74. The van der Waals surface area contributed by atoms with Crippen molar-refractivity contribution in [3.63, 3.8) is 0 Å². The molecule has 2 aliphatic rings. The first kappa shape index (κ1) is 21.1. The molecule has 33 heavy (non-hydrogen) atoms. The topological polar surface area (TPSA) is 45.1 Å². The molecule has 3 aromatic rings. The van der Waals surface area contributed by atoms with E-state index in [1.165, 1.54) is 6.07 Å². The van der Waals surface area contributed by atoms with Gasteiger partial charge in [0.05, 0.1) is 11.1 Å². The summed E-state index contributed by atoms with van der Waals surface area (Å²) in [7, 11) is 0. The molecule has 0 bridgehead atoms. The molecule has 3 aromatic carbocycles. The number of hydrogen-bond donors (Lipinski definition) is 0. The van der Waals surface area contributed by atoms with Gasteiger partial charge in [-0.2, -0.15) is 0 Å². The maximum atomic E-state index is 14.2. The average molecular weight is 447 g/mol. The lowest BCUT2D eigenvalue weighted by atomic mass is 10.1. The Kier molecular flexibility index (Phi) is 5.32. The molecule has 0 radical (unpaired) electrons. The van der Waals surface area contributed by atoms with Crippen LogP contribution in [0.3, 0.4) is 0 Å². The maximum absolute atomic E-state index is 14.2. The van der Waals surface area contributed by atoms with Gasteiger partial charge in [-0.1, -0.05) is 23.8 Å². The van der Waals surface area contributed by atoms with E-state index in [1.807, 2.05) is 50.2 Å². The normalized spacial score (nSPS) is 17.5. The van der Waals surface area contributed by atoms with E-state index in [4.69, 9.17) is 9.73 Å². The molecule has 1 unspecified atom stereocenters. The highest BCUT2D eigenvalue weighted by atomic mass is 19.1. The number of fused-ring (bicyclic) bond motifs is 2.